The first-order chi connectivity index (χ1) is 11.0. The maximum Gasteiger partial charge on any atom is 0.420 e. The highest BCUT2D eigenvalue weighted by atomic mass is 35.5. The summed E-state index contributed by atoms with van der Waals surface area (Å²) >= 11 is 7.22. The summed E-state index contributed by atoms with van der Waals surface area (Å²) in [5.74, 6) is -0.179. The molecule has 1 aromatic heterocycles. The molecule has 0 fully saturated rings. The number of anilines is 1. The highest BCUT2D eigenvalue weighted by Crippen LogP contribution is 2.38. The van der Waals surface area contributed by atoms with E-state index in [9.17, 15) is 9.90 Å². The summed E-state index contributed by atoms with van der Waals surface area (Å²) in [5, 5.41) is 17.5. The topological polar surface area (TPSA) is 103 Å². The van der Waals surface area contributed by atoms with Crippen LogP contribution in [-0.2, 0) is 12.8 Å². The molecule has 1 aliphatic carbocycles. The quantitative estimate of drug-likeness (QED) is 0.570. The first-order valence-corrected chi connectivity index (χ1v) is 8.26. The average molecular weight is 351 g/mol. The lowest BCUT2D eigenvalue weighted by atomic mass is 9.85. The number of hydrogen-bond acceptors (Lipinski definition) is 4. The van der Waals surface area contributed by atoms with E-state index in [0.717, 1.165) is 29.8 Å². The fourth-order valence-electron chi connectivity index (χ4n) is 2.76. The van der Waals surface area contributed by atoms with Crippen LogP contribution in [0.4, 0.5) is 9.93 Å². The minimum Gasteiger partial charge on any atom is -0.464 e. The van der Waals surface area contributed by atoms with Gasteiger partial charge >= 0.3 is 6.09 Å². The van der Waals surface area contributed by atoms with Crippen molar-refractivity contribution >= 4 is 40.1 Å². The molecule has 1 amide bonds. The predicted molar refractivity (Wildman–Crippen MR) is 90.7 cm³/mol. The third kappa shape index (κ3) is 3.16. The second-order valence-corrected chi connectivity index (χ2v) is 6.86. The van der Waals surface area contributed by atoms with Gasteiger partial charge in [0.05, 0.1) is 5.69 Å². The van der Waals surface area contributed by atoms with Crippen molar-refractivity contribution in [2.24, 2.45) is 5.73 Å². The van der Waals surface area contributed by atoms with Crippen LogP contribution in [0.3, 0.4) is 0 Å². The summed E-state index contributed by atoms with van der Waals surface area (Å²) in [4.78, 5) is 17.4. The third-order valence-electron chi connectivity index (χ3n) is 3.89. The van der Waals surface area contributed by atoms with Crippen LogP contribution < -0.4 is 10.6 Å². The average Bonchev–Trinajstić information content (AvgIpc) is 2.89. The van der Waals surface area contributed by atoms with Gasteiger partial charge in [-0.1, -0.05) is 23.7 Å². The molecule has 1 atom stereocenters. The molecule has 1 unspecified atom stereocenters. The number of fused-ring (bicyclic) bond motifs is 1. The SMILES string of the molecule is N=C(N)N(C(=O)O)c1nc2c(s1)CC(c1ccc(Cl)cc1)CC2. The number of nitrogens with one attached hydrogen (secondary N) is 1. The number of rotatable bonds is 2. The number of carboxylic acid groups (broad SMARTS) is 1. The molecule has 0 saturated carbocycles. The van der Waals surface area contributed by atoms with Crippen molar-refractivity contribution in [3.8, 4) is 0 Å². The molecule has 1 aliphatic rings. The second-order valence-electron chi connectivity index (χ2n) is 5.36. The lowest BCUT2D eigenvalue weighted by molar-refractivity contribution is 0.205. The van der Waals surface area contributed by atoms with E-state index in [0.29, 0.717) is 15.8 Å². The number of nitrogens with zero attached hydrogens (tertiary/aromatic N) is 2. The van der Waals surface area contributed by atoms with E-state index in [-0.39, 0.29) is 5.13 Å². The maximum absolute atomic E-state index is 11.2. The van der Waals surface area contributed by atoms with E-state index in [1.807, 2.05) is 24.3 Å². The van der Waals surface area contributed by atoms with Gasteiger partial charge in [-0.2, -0.15) is 4.90 Å². The minimum atomic E-state index is -1.29. The number of halogens is 1. The summed E-state index contributed by atoms with van der Waals surface area (Å²) < 4.78 is 0. The lowest BCUT2D eigenvalue weighted by Gasteiger charge is -2.21. The van der Waals surface area contributed by atoms with E-state index in [2.05, 4.69) is 4.98 Å². The van der Waals surface area contributed by atoms with Crippen molar-refractivity contribution in [2.45, 2.75) is 25.2 Å². The van der Waals surface area contributed by atoms with Crippen LogP contribution in [0.5, 0.6) is 0 Å². The summed E-state index contributed by atoms with van der Waals surface area (Å²) in [6.07, 6.45) is 1.24. The Labute approximate surface area is 142 Å². The van der Waals surface area contributed by atoms with Gasteiger partial charge in [-0.05, 0) is 42.9 Å². The molecule has 23 heavy (non-hydrogen) atoms. The number of hydrogen-bond donors (Lipinski definition) is 3. The third-order valence-corrected chi connectivity index (χ3v) is 5.25. The van der Waals surface area contributed by atoms with Crippen molar-refractivity contribution in [1.82, 2.24) is 4.98 Å². The maximum atomic E-state index is 11.2. The predicted octanol–water partition coefficient (Wildman–Crippen LogP) is 3.45. The Morgan fingerprint density at radius 2 is 2.13 bits per heavy atom. The zero-order chi connectivity index (χ0) is 16.6. The van der Waals surface area contributed by atoms with Gasteiger partial charge in [0.2, 0.25) is 11.1 Å². The highest BCUT2D eigenvalue weighted by molar-refractivity contribution is 7.16. The monoisotopic (exact) mass is 350 g/mol. The minimum absolute atomic E-state index is 0.242. The smallest absolute Gasteiger partial charge is 0.420 e. The van der Waals surface area contributed by atoms with E-state index >= 15 is 0 Å². The molecule has 1 aromatic carbocycles. The van der Waals surface area contributed by atoms with Crippen LogP contribution >= 0.6 is 22.9 Å². The van der Waals surface area contributed by atoms with Crippen molar-refractivity contribution < 1.29 is 9.90 Å². The lowest BCUT2D eigenvalue weighted by Crippen LogP contribution is -2.40. The molecular formula is C15H15ClN4O2S. The van der Waals surface area contributed by atoms with Crippen LogP contribution in [0.1, 0.15) is 28.5 Å². The Morgan fingerprint density at radius 1 is 1.43 bits per heavy atom. The van der Waals surface area contributed by atoms with Gasteiger partial charge in [-0.15, -0.1) is 11.3 Å². The van der Waals surface area contributed by atoms with E-state index in [1.54, 1.807) is 0 Å². The van der Waals surface area contributed by atoms with Gasteiger partial charge in [0.1, 0.15) is 0 Å². The molecule has 120 valence electrons. The van der Waals surface area contributed by atoms with Gasteiger partial charge < -0.3 is 10.8 Å². The van der Waals surface area contributed by atoms with Gasteiger partial charge in [0, 0.05) is 9.90 Å². The Hall–Kier alpha value is -2.12. The van der Waals surface area contributed by atoms with Crippen molar-refractivity contribution in [3.05, 3.63) is 45.4 Å². The molecule has 8 heteroatoms. The zero-order valence-electron chi connectivity index (χ0n) is 12.1. The molecule has 4 N–H and O–H groups in total. The Balaban J connectivity index is 1.85. The summed E-state index contributed by atoms with van der Waals surface area (Å²) in [6.45, 7) is 0. The number of guanidine groups is 1. The number of thiazole rings is 1. The molecule has 2 aromatic rings. The molecule has 0 radical (unpaired) electrons. The summed E-state index contributed by atoms with van der Waals surface area (Å²) in [7, 11) is 0. The number of amides is 1. The van der Waals surface area contributed by atoms with Crippen LogP contribution in [0.25, 0.3) is 0 Å². The highest BCUT2D eigenvalue weighted by Gasteiger charge is 2.28. The molecular weight excluding hydrogens is 336 g/mol. The van der Waals surface area contributed by atoms with E-state index in [4.69, 9.17) is 22.7 Å². The Bertz CT molecular complexity index is 745. The van der Waals surface area contributed by atoms with Gasteiger partial charge in [0.15, 0.2) is 0 Å². The molecule has 6 nitrogen and oxygen atoms in total. The molecule has 0 aliphatic heterocycles. The molecule has 3 rings (SSSR count). The molecule has 1 heterocycles. The summed E-state index contributed by atoms with van der Waals surface area (Å²) in [5.41, 5.74) is 7.47. The van der Waals surface area contributed by atoms with Crippen molar-refractivity contribution in [3.63, 3.8) is 0 Å². The number of aromatic nitrogens is 1. The van der Waals surface area contributed by atoms with Crippen LogP contribution in [0.2, 0.25) is 5.02 Å². The van der Waals surface area contributed by atoms with E-state index in [1.165, 1.54) is 16.9 Å². The zero-order valence-corrected chi connectivity index (χ0v) is 13.7. The standard InChI is InChI=1S/C15H15ClN4O2S/c16-10-4-1-8(2-5-10)9-3-6-11-12(7-9)23-14(19-11)20(13(17)18)15(21)22/h1-2,4-5,9H,3,6-7H2,(H3,17,18)(H,21,22). The summed E-state index contributed by atoms with van der Waals surface area (Å²) in [6, 6.07) is 7.82. The van der Waals surface area contributed by atoms with Crippen LogP contribution in [-0.4, -0.2) is 22.1 Å². The number of benzene rings is 1. The molecule has 0 saturated heterocycles. The fourth-order valence-corrected chi connectivity index (χ4v) is 4.08. The Kier molecular flexibility index (Phi) is 4.23. The number of nitrogens with two attached hydrogens (primary N) is 1. The van der Waals surface area contributed by atoms with Gasteiger partial charge in [0.25, 0.3) is 0 Å². The van der Waals surface area contributed by atoms with Crippen molar-refractivity contribution in [2.75, 3.05) is 4.90 Å². The van der Waals surface area contributed by atoms with Crippen LogP contribution in [0.15, 0.2) is 24.3 Å². The first kappa shape index (κ1) is 15.8. The number of carbonyl (C=O) groups is 1. The van der Waals surface area contributed by atoms with Gasteiger partial charge in [-0.25, -0.2) is 9.78 Å². The largest absolute Gasteiger partial charge is 0.464 e. The van der Waals surface area contributed by atoms with Gasteiger partial charge in [-0.3, -0.25) is 5.41 Å². The normalized spacial score (nSPS) is 16.7. The second kappa shape index (κ2) is 6.17. The molecule has 0 bridgehead atoms. The number of aryl methyl sites for hydroxylation is 1. The molecule has 0 spiro atoms. The first-order valence-electron chi connectivity index (χ1n) is 7.07. The van der Waals surface area contributed by atoms with Crippen LogP contribution in [0, 0.1) is 5.41 Å². The van der Waals surface area contributed by atoms with E-state index < -0.39 is 12.1 Å². The Morgan fingerprint density at radius 3 is 2.74 bits per heavy atom. The van der Waals surface area contributed by atoms with Crippen molar-refractivity contribution in [1.29, 1.82) is 5.41 Å². The fraction of sp³-hybridized carbons (Fsp3) is 0.267.